The quantitative estimate of drug-likeness (QED) is 0.623. The standard InChI is InChI=1S/C14H19FN4O/c1-19-8-7-17-14(19)6-5-12(18-16)10-3-4-11(15)13(9-10)20-2/h3-4,7-9,12,18H,5-6,16H2,1-2H3. The minimum absolute atomic E-state index is 0.0822. The number of aromatic nitrogens is 2. The fourth-order valence-corrected chi connectivity index (χ4v) is 2.15. The number of nitrogens with zero attached hydrogens (tertiary/aromatic N) is 2. The predicted octanol–water partition coefficient (Wildman–Crippen LogP) is 1.70. The molecule has 1 aromatic carbocycles. The van der Waals surface area contributed by atoms with Crippen LogP contribution in [0.4, 0.5) is 4.39 Å². The third-order valence-electron chi connectivity index (χ3n) is 3.36. The van der Waals surface area contributed by atoms with Gasteiger partial charge in [-0.1, -0.05) is 6.07 Å². The highest BCUT2D eigenvalue weighted by atomic mass is 19.1. The molecule has 0 radical (unpaired) electrons. The molecule has 0 bridgehead atoms. The molecule has 1 heterocycles. The van der Waals surface area contributed by atoms with Crippen molar-refractivity contribution >= 4 is 0 Å². The van der Waals surface area contributed by atoms with E-state index in [-0.39, 0.29) is 17.6 Å². The van der Waals surface area contributed by atoms with Crippen LogP contribution in [0.15, 0.2) is 30.6 Å². The molecule has 20 heavy (non-hydrogen) atoms. The summed E-state index contributed by atoms with van der Waals surface area (Å²) in [7, 11) is 3.40. The first-order chi connectivity index (χ1) is 9.65. The van der Waals surface area contributed by atoms with Crippen molar-refractivity contribution in [3.05, 3.63) is 47.8 Å². The van der Waals surface area contributed by atoms with Crippen LogP contribution in [0.5, 0.6) is 5.75 Å². The number of hydrazine groups is 1. The molecular weight excluding hydrogens is 259 g/mol. The Morgan fingerprint density at radius 2 is 2.30 bits per heavy atom. The Bertz CT molecular complexity index is 570. The van der Waals surface area contributed by atoms with Gasteiger partial charge >= 0.3 is 0 Å². The fraction of sp³-hybridized carbons (Fsp3) is 0.357. The Kier molecular flexibility index (Phi) is 4.70. The summed E-state index contributed by atoms with van der Waals surface area (Å²) in [5.41, 5.74) is 3.64. The molecule has 0 aliphatic rings. The van der Waals surface area contributed by atoms with E-state index in [1.165, 1.54) is 13.2 Å². The van der Waals surface area contributed by atoms with Crippen LogP contribution >= 0.6 is 0 Å². The first-order valence-corrected chi connectivity index (χ1v) is 6.41. The van der Waals surface area contributed by atoms with Crippen LogP contribution in [0.1, 0.15) is 23.9 Å². The van der Waals surface area contributed by atoms with Gasteiger partial charge in [-0.3, -0.25) is 11.3 Å². The molecule has 2 rings (SSSR count). The molecular formula is C14H19FN4O. The van der Waals surface area contributed by atoms with Crippen LogP contribution in [0.25, 0.3) is 0 Å². The van der Waals surface area contributed by atoms with Crippen molar-refractivity contribution in [2.45, 2.75) is 18.9 Å². The van der Waals surface area contributed by atoms with Gasteiger partial charge in [0, 0.05) is 31.9 Å². The number of benzene rings is 1. The Morgan fingerprint density at radius 3 is 2.90 bits per heavy atom. The van der Waals surface area contributed by atoms with E-state index in [2.05, 4.69) is 10.4 Å². The van der Waals surface area contributed by atoms with E-state index in [1.54, 1.807) is 18.3 Å². The number of hydrogen-bond acceptors (Lipinski definition) is 4. The Labute approximate surface area is 117 Å². The number of imidazole rings is 1. The molecule has 1 atom stereocenters. The number of nitrogens with one attached hydrogen (secondary N) is 1. The van der Waals surface area contributed by atoms with Crippen molar-refractivity contribution in [3.63, 3.8) is 0 Å². The summed E-state index contributed by atoms with van der Waals surface area (Å²) >= 11 is 0. The van der Waals surface area contributed by atoms with E-state index < -0.39 is 0 Å². The molecule has 0 saturated carbocycles. The fourth-order valence-electron chi connectivity index (χ4n) is 2.15. The van der Waals surface area contributed by atoms with E-state index >= 15 is 0 Å². The maximum atomic E-state index is 13.4. The molecule has 0 spiro atoms. The molecule has 108 valence electrons. The molecule has 6 heteroatoms. The van der Waals surface area contributed by atoms with Gasteiger partial charge in [0.15, 0.2) is 11.6 Å². The van der Waals surface area contributed by atoms with E-state index in [0.29, 0.717) is 0 Å². The number of ether oxygens (including phenoxy) is 1. The second-order valence-corrected chi connectivity index (χ2v) is 4.61. The molecule has 1 aromatic heterocycles. The van der Waals surface area contributed by atoms with Gasteiger partial charge in [0.2, 0.25) is 0 Å². The van der Waals surface area contributed by atoms with Crippen molar-refractivity contribution in [1.29, 1.82) is 0 Å². The second kappa shape index (κ2) is 6.49. The smallest absolute Gasteiger partial charge is 0.165 e. The lowest BCUT2D eigenvalue weighted by atomic mass is 10.0. The topological polar surface area (TPSA) is 65.1 Å². The van der Waals surface area contributed by atoms with Crippen molar-refractivity contribution in [2.24, 2.45) is 12.9 Å². The zero-order valence-electron chi connectivity index (χ0n) is 11.6. The summed E-state index contributed by atoms with van der Waals surface area (Å²) in [6, 6.07) is 4.68. The maximum Gasteiger partial charge on any atom is 0.165 e. The predicted molar refractivity (Wildman–Crippen MR) is 74.5 cm³/mol. The number of aryl methyl sites for hydroxylation is 2. The monoisotopic (exact) mass is 278 g/mol. The zero-order valence-corrected chi connectivity index (χ0v) is 11.6. The number of hydrogen-bond donors (Lipinski definition) is 2. The molecule has 0 fully saturated rings. The summed E-state index contributed by atoms with van der Waals surface area (Å²) in [5, 5.41) is 0. The SMILES string of the molecule is COc1cc(C(CCc2nccn2C)NN)ccc1F. The van der Waals surface area contributed by atoms with E-state index in [1.807, 2.05) is 17.8 Å². The molecule has 0 aliphatic carbocycles. The first kappa shape index (κ1) is 14.5. The van der Waals surface area contributed by atoms with Gasteiger partial charge in [0.1, 0.15) is 5.82 Å². The molecule has 2 aromatic rings. The lowest BCUT2D eigenvalue weighted by molar-refractivity contribution is 0.384. The third kappa shape index (κ3) is 3.15. The Morgan fingerprint density at radius 1 is 1.50 bits per heavy atom. The number of nitrogens with two attached hydrogens (primary N) is 1. The van der Waals surface area contributed by atoms with Crippen LogP contribution in [-0.4, -0.2) is 16.7 Å². The van der Waals surface area contributed by atoms with Crippen LogP contribution < -0.4 is 16.0 Å². The zero-order chi connectivity index (χ0) is 14.5. The van der Waals surface area contributed by atoms with Crippen molar-refractivity contribution in [1.82, 2.24) is 15.0 Å². The lowest BCUT2D eigenvalue weighted by Crippen LogP contribution is -2.28. The van der Waals surface area contributed by atoms with Gasteiger partial charge in [-0.05, 0) is 24.1 Å². The largest absolute Gasteiger partial charge is 0.494 e. The van der Waals surface area contributed by atoms with E-state index in [0.717, 1.165) is 24.2 Å². The Hall–Kier alpha value is -1.92. The van der Waals surface area contributed by atoms with Gasteiger partial charge in [0.25, 0.3) is 0 Å². The van der Waals surface area contributed by atoms with Crippen molar-refractivity contribution < 1.29 is 9.13 Å². The average Bonchev–Trinajstić information content (AvgIpc) is 2.86. The van der Waals surface area contributed by atoms with Gasteiger partial charge in [-0.2, -0.15) is 0 Å². The van der Waals surface area contributed by atoms with Crippen LogP contribution in [0.3, 0.4) is 0 Å². The summed E-state index contributed by atoms with van der Waals surface area (Å²) in [4.78, 5) is 4.27. The highest BCUT2D eigenvalue weighted by molar-refractivity contribution is 5.32. The van der Waals surface area contributed by atoms with Crippen LogP contribution in [-0.2, 0) is 13.5 Å². The summed E-state index contributed by atoms with van der Waals surface area (Å²) in [6.45, 7) is 0. The van der Waals surface area contributed by atoms with Crippen molar-refractivity contribution in [2.75, 3.05) is 7.11 Å². The lowest BCUT2D eigenvalue weighted by Gasteiger charge is -2.17. The molecule has 0 saturated heterocycles. The van der Waals surface area contributed by atoms with Gasteiger partial charge in [-0.15, -0.1) is 0 Å². The summed E-state index contributed by atoms with van der Waals surface area (Å²) < 4.78 is 20.4. The minimum atomic E-state index is -0.379. The normalized spacial score (nSPS) is 12.4. The molecule has 5 nitrogen and oxygen atoms in total. The third-order valence-corrected chi connectivity index (χ3v) is 3.36. The first-order valence-electron chi connectivity index (χ1n) is 6.41. The van der Waals surface area contributed by atoms with Crippen molar-refractivity contribution in [3.8, 4) is 5.75 Å². The highest BCUT2D eigenvalue weighted by Gasteiger charge is 2.14. The minimum Gasteiger partial charge on any atom is -0.494 e. The number of rotatable bonds is 6. The molecule has 0 aliphatic heterocycles. The van der Waals surface area contributed by atoms with Gasteiger partial charge in [0.05, 0.1) is 7.11 Å². The number of halogens is 1. The van der Waals surface area contributed by atoms with Crippen LogP contribution in [0.2, 0.25) is 0 Å². The maximum absolute atomic E-state index is 13.4. The Balaban J connectivity index is 2.10. The molecule has 1 unspecified atom stereocenters. The van der Waals surface area contributed by atoms with Gasteiger partial charge in [-0.25, -0.2) is 9.37 Å². The van der Waals surface area contributed by atoms with E-state index in [9.17, 15) is 4.39 Å². The molecule has 3 N–H and O–H groups in total. The second-order valence-electron chi connectivity index (χ2n) is 4.61. The summed E-state index contributed by atoms with van der Waals surface area (Å²) in [5.74, 6) is 6.43. The molecule has 0 amide bonds. The van der Waals surface area contributed by atoms with Crippen LogP contribution in [0, 0.1) is 5.82 Å². The van der Waals surface area contributed by atoms with E-state index in [4.69, 9.17) is 10.6 Å². The highest BCUT2D eigenvalue weighted by Crippen LogP contribution is 2.24. The van der Waals surface area contributed by atoms with Gasteiger partial charge < -0.3 is 9.30 Å². The summed E-state index contributed by atoms with van der Waals surface area (Å²) in [6.07, 6.45) is 5.20. The number of methoxy groups -OCH3 is 1. The average molecular weight is 278 g/mol.